The molecule has 19 heavy (non-hydrogen) atoms. The lowest BCUT2D eigenvalue weighted by Gasteiger charge is -2.18. The second kappa shape index (κ2) is 4.63. The van der Waals surface area contributed by atoms with Crippen molar-refractivity contribution in [3.8, 4) is 0 Å². The maximum Gasteiger partial charge on any atom is 0.308 e. The molecule has 0 spiro atoms. The molecule has 102 valence electrons. The minimum Gasteiger partial charge on any atom is -0.444 e. The first kappa shape index (κ1) is 12.7. The Morgan fingerprint density at radius 3 is 2.95 bits per heavy atom. The van der Waals surface area contributed by atoms with E-state index in [-0.39, 0.29) is 4.87 Å². The van der Waals surface area contributed by atoms with Crippen molar-refractivity contribution in [3.05, 3.63) is 37.6 Å². The topological polar surface area (TPSA) is 48.0 Å². The lowest BCUT2D eigenvalue weighted by Crippen LogP contribution is -2.19. The number of hydrogen-bond donors (Lipinski definition) is 0. The summed E-state index contributed by atoms with van der Waals surface area (Å²) >= 11 is 1.39. The summed E-state index contributed by atoms with van der Waals surface area (Å²) in [5.41, 5.74) is 2.10. The molecule has 0 aliphatic heterocycles. The lowest BCUT2D eigenvalue weighted by atomic mass is 9.93. The first-order valence-electron chi connectivity index (χ1n) is 6.69. The summed E-state index contributed by atoms with van der Waals surface area (Å²) in [4.78, 5) is 17.9. The van der Waals surface area contributed by atoms with Crippen LogP contribution < -0.4 is 4.87 Å². The highest BCUT2D eigenvalue weighted by atomic mass is 32.1. The third-order valence-corrected chi connectivity index (χ3v) is 4.90. The van der Waals surface area contributed by atoms with Crippen LogP contribution in [0.5, 0.6) is 0 Å². The molecular weight excluding hydrogens is 260 g/mol. The Kier molecular flexibility index (Phi) is 3.09. The smallest absolute Gasteiger partial charge is 0.308 e. The molecule has 0 aromatic carbocycles. The molecule has 1 aliphatic rings. The minimum atomic E-state index is 0.118. The van der Waals surface area contributed by atoms with E-state index in [0.717, 1.165) is 30.7 Å². The summed E-state index contributed by atoms with van der Waals surface area (Å²) in [5, 5.41) is 0. The molecule has 1 unspecified atom stereocenters. The molecule has 5 heteroatoms. The largest absolute Gasteiger partial charge is 0.444 e. The molecule has 0 N–H and O–H groups in total. The van der Waals surface area contributed by atoms with E-state index in [4.69, 9.17) is 4.42 Å². The molecule has 1 aliphatic carbocycles. The Bertz CT molecular complexity index is 646. The van der Waals surface area contributed by atoms with Gasteiger partial charge in [-0.15, -0.1) is 0 Å². The Labute approximate surface area is 116 Å². The van der Waals surface area contributed by atoms with Crippen LogP contribution in [0.4, 0.5) is 0 Å². The van der Waals surface area contributed by atoms with Crippen LogP contribution in [0.3, 0.4) is 0 Å². The lowest BCUT2D eigenvalue weighted by molar-refractivity contribution is 0.441. The zero-order chi connectivity index (χ0) is 13.6. The highest BCUT2D eigenvalue weighted by Gasteiger charge is 2.22. The number of oxazole rings is 1. The van der Waals surface area contributed by atoms with E-state index >= 15 is 0 Å². The highest BCUT2D eigenvalue weighted by molar-refractivity contribution is 7.09. The van der Waals surface area contributed by atoms with Gasteiger partial charge in [-0.1, -0.05) is 18.3 Å². The van der Waals surface area contributed by atoms with Gasteiger partial charge in [0.2, 0.25) is 5.89 Å². The second-order valence-corrected chi connectivity index (χ2v) is 6.47. The molecule has 2 aromatic rings. The van der Waals surface area contributed by atoms with Gasteiger partial charge in [0.15, 0.2) is 0 Å². The fourth-order valence-corrected chi connectivity index (χ4v) is 3.81. The summed E-state index contributed by atoms with van der Waals surface area (Å²) in [6.45, 7) is 6.54. The van der Waals surface area contributed by atoms with E-state index in [1.165, 1.54) is 21.9 Å². The zero-order valence-corrected chi connectivity index (χ0v) is 12.3. The molecular formula is C14H18N2O2S. The Balaban J connectivity index is 1.95. The zero-order valence-electron chi connectivity index (χ0n) is 11.5. The first-order chi connectivity index (χ1) is 9.04. The van der Waals surface area contributed by atoms with Gasteiger partial charge in [0, 0.05) is 10.6 Å². The molecule has 0 amide bonds. The monoisotopic (exact) mass is 278 g/mol. The van der Waals surface area contributed by atoms with E-state index in [0.29, 0.717) is 18.4 Å². The predicted molar refractivity (Wildman–Crippen MR) is 74.8 cm³/mol. The third-order valence-electron chi connectivity index (χ3n) is 3.85. The SMILES string of the molecule is Cc1nc(Cn2c3c(sc2=O)CC(C)CC3)oc1C. The molecule has 0 fully saturated rings. The summed E-state index contributed by atoms with van der Waals surface area (Å²) in [5.74, 6) is 2.15. The number of thiazole rings is 1. The predicted octanol–water partition coefficient (Wildman–Crippen LogP) is 2.69. The maximum atomic E-state index is 12.1. The number of aryl methyl sites for hydroxylation is 2. The van der Waals surface area contributed by atoms with Crippen molar-refractivity contribution in [1.82, 2.24) is 9.55 Å². The van der Waals surface area contributed by atoms with E-state index in [1.807, 2.05) is 18.4 Å². The Morgan fingerprint density at radius 2 is 2.26 bits per heavy atom. The van der Waals surface area contributed by atoms with Crippen LogP contribution in [0.15, 0.2) is 9.21 Å². The van der Waals surface area contributed by atoms with E-state index in [1.54, 1.807) is 0 Å². The molecule has 0 saturated carbocycles. The van der Waals surface area contributed by atoms with Crippen LogP contribution in [-0.4, -0.2) is 9.55 Å². The van der Waals surface area contributed by atoms with E-state index in [2.05, 4.69) is 11.9 Å². The summed E-state index contributed by atoms with van der Waals surface area (Å²) in [6, 6.07) is 0. The van der Waals surface area contributed by atoms with Gasteiger partial charge in [-0.05, 0) is 39.0 Å². The number of nitrogens with zero attached hydrogens (tertiary/aromatic N) is 2. The van der Waals surface area contributed by atoms with Gasteiger partial charge < -0.3 is 4.42 Å². The molecule has 4 nitrogen and oxygen atoms in total. The minimum absolute atomic E-state index is 0.118. The van der Waals surface area contributed by atoms with Gasteiger partial charge in [0.25, 0.3) is 0 Å². The van der Waals surface area contributed by atoms with Crippen molar-refractivity contribution in [2.45, 2.75) is 46.6 Å². The van der Waals surface area contributed by atoms with Crippen LogP contribution in [0, 0.1) is 19.8 Å². The molecule has 2 heterocycles. The van der Waals surface area contributed by atoms with Crippen LogP contribution >= 0.6 is 11.3 Å². The van der Waals surface area contributed by atoms with Gasteiger partial charge in [-0.2, -0.15) is 0 Å². The Morgan fingerprint density at radius 1 is 1.47 bits per heavy atom. The highest BCUT2D eigenvalue weighted by Crippen LogP contribution is 2.27. The van der Waals surface area contributed by atoms with E-state index < -0.39 is 0 Å². The number of rotatable bonds is 2. The average Bonchev–Trinajstić information content (AvgIpc) is 2.81. The first-order valence-corrected chi connectivity index (χ1v) is 7.50. The van der Waals surface area contributed by atoms with Gasteiger partial charge in [0.1, 0.15) is 12.3 Å². The van der Waals surface area contributed by atoms with Gasteiger partial charge in [-0.3, -0.25) is 9.36 Å². The molecule has 3 rings (SSSR count). The van der Waals surface area contributed by atoms with Crippen molar-refractivity contribution >= 4 is 11.3 Å². The molecule has 1 atom stereocenters. The average molecular weight is 278 g/mol. The normalized spacial score (nSPS) is 18.6. The third kappa shape index (κ3) is 2.27. The van der Waals surface area contributed by atoms with E-state index in [9.17, 15) is 4.79 Å². The number of hydrogen-bond acceptors (Lipinski definition) is 4. The van der Waals surface area contributed by atoms with Crippen molar-refractivity contribution in [3.63, 3.8) is 0 Å². The summed E-state index contributed by atoms with van der Waals surface area (Å²) in [7, 11) is 0. The van der Waals surface area contributed by atoms with Crippen LogP contribution in [0.2, 0.25) is 0 Å². The van der Waals surface area contributed by atoms with Gasteiger partial charge >= 0.3 is 4.87 Å². The van der Waals surface area contributed by atoms with Crippen molar-refractivity contribution in [2.75, 3.05) is 0 Å². The summed E-state index contributed by atoms with van der Waals surface area (Å²) in [6.07, 6.45) is 3.19. The van der Waals surface area contributed by atoms with Crippen molar-refractivity contribution in [2.24, 2.45) is 5.92 Å². The van der Waals surface area contributed by atoms with Gasteiger partial charge in [0.05, 0.1) is 5.69 Å². The molecule has 0 saturated heterocycles. The fraction of sp³-hybridized carbons (Fsp3) is 0.571. The van der Waals surface area contributed by atoms with Gasteiger partial charge in [-0.25, -0.2) is 4.98 Å². The standard InChI is InChI=1S/C14H18N2O2S/c1-8-4-5-11-12(6-8)19-14(17)16(11)7-13-15-9(2)10(3)18-13/h8H,4-7H2,1-3H3. The number of fused-ring (bicyclic) bond motifs is 1. The van der Waals surface area contributed by atoms with Crippen LogP contribution in [-0.2, 0) is 19.4 Å². The number of aromatic nitrogens is 2. The van der Waals surface area contributed by atoms with Crippen LogP contribution in [0.1, 0.15) is 41.3 Å². The molecule has 0 radical (unpaired) electrons. The fourth-order valence-electron chi connectivity index (χ4n) is 2.62. The Hall–Kier alpha value is -1.36. The maximum absolute atomic E-state index is 12.1. The van der Waals surface area contributed by atoms with Crippen LogP contribution in [0.25, 0.3) is 0 Å². The summed E-state index contributed by atoms with van der Waals surface area (Å²) < 4.78 is 7.43. The quantitative estimate of drug-likeness (QED) is 0.848. The molecule has 2 aromatic heterocycles. The van der Waals surface area contributed by atoms with Crippen molar-refractivity contribution in [1.29, 1.82) is 0 Å². The second-order valence-electron chi connectivity index (χ2n) is 5.42. The van der Waals surface area contributed by atoms with Crippen molar-refractivity contribution < 1.29 is 4.42 Å². The molecule has 0 bridgehead atoms.